The van der Waals surface area contributed by atoms with Gasteiger partial charge in [-0.2, -0.15) is 0 Å². The Balaban J connectivity index is 1.55. The van der Waals surface area contributed by atoms with Crippen LogP contribution in [-0.4, -0.2) is 45.3 Å². The highest BCUT2D eigenvalue weighted by Crippen LogP contribution is 2.26. The molecule has 0 saturated heterocycles. The van der Waals surface area contributed by atoms with Crippen LogP contribution in [0.4, 0.5) is 10.7 Å². The predicted octanol–water partition coefficient (Wildman–Crippen LogP) is 4.72. The lowest BCUT2D eigenvalue weighted by Gasteiger charge is -2.23. The van der Waals surface area contributed by atoms with Crippen molar-refractivity contribution < 1.29 is 19.1 Å². The van der Waals surface area contributed by atoms with Gasteiger partial charge >= 0.3 is 6.09 Å². The third-order valence-corrected chi connectivity index (χ3v) is 5.77. The Morgan fingerprint density at radius 3 is 2.49 bits per heavy atom. The minimum absolute atomic E-state index is 0.255. The molecule has 0 spiro atoms. The minimum atomic E-state index is -0.892. The quantitative estimate of drug-likeness (QED) is 0.380. The Bertz CT molecular complexity index is 1410. The van der Waals surface area contributed by atoms with Crippen LogP contribution in [0.2, 0.25) is 0 Å². The van der Waals surface area contributed by atoms with E-state index in [0.29, 0.717) is 11.7 Å². The molecule has 37 heavy (non-hydrogen) atoms. The van der Waals surface area contributed by atoms with Crippen LogP contribution in [0.15, 0.2) is 67.1 Å². The largest absolute Gasteiger partial charge is 0.497 e. The van der Waals surface area contributed by atoms with Gasteiger partial charge in [-0.1, -0.05) is 24.3 Å². The molecular formula is C28H31N5O4. The van der Waals surface area contributed by atoms with Gasteiger partial charge in [0, 0.05) is 36.8 Å². The maximum Gasteiger partial charge on any atom is 0.408 e. The smallest absolute Gasteiger partial charge is 0.408 e. The monoisotopic (exact) mass is 501 g/mol. The van der Waals surface area contributed by atoms with Crippen molar-refractivity contribution in [3.63, 3.8) is 0 Å². The van der Waals surface area contributed by atoms with E-state index in [9.17, 15) is 9.59 Å². The van der Waals surface area contributed by atoms with E-state index in [-0.39, 0.29) is 6.42 Å². The van der Waals surface area contributed by atoms with E-state index in [2.05, 4.69) is 26.7 Å². The van der Waals surface area contributed by atoms with Gasteiger partial charge in [-0.25, -0.2) is 9.78 Å². The predicted molar refractivity (Wildman–Crippen MR) is 142 cm³/mol. The molecule has 0 aliphatic rings. The summed E-state index contributed by atoms with van der Waals surface area (Å²) in [5, 5.41) is 7.65. The van der Waals surface area contributed by atoms with Crippen molar-refractivity contribution in [3.05, 3.63) is 72.7 Å². The lowest BCUT2D eigenvalue weighted by atomic mass is 10.1. The zero-order chi connectivity index (χ0) is 26.6. The van der Waals surface area contributed by atoms with Gasteiger partial charge in [0.05, 0.1) is 19.0 Å². The number of benzene rings is 2. The number of alkyl carbamates (subject to hydrolysis) is 1. The molecule has 2 N–H and O–H groups in total. The lowest BCUT2D eigenvalue weighted by Crippen LogP contribution is -2.47. The molecule has 0 fully saturated rings. The highest BCUT2D eigenvalue weighted by Gasteiger charge is 2.26. The SMILES string of the molecule is COc1ccc(C[C@H](NC(=O)OC(C)(C)C)C(=O)Nc2ncc(-c3ccc4cnccc4c3)n2C)cc1. The highest BCUT2D eigenvalue weighted by molar-refractivity contribution is 5.96. The van der Waals surface area contributed by atoms with Gasteiger partial charge in [0.2, 0.25) is 11.9 Å². The normalized spacial score (nSPS) is 12.1. The van der Waals surface area contributed by atoms with Crippen LogP contribution in [0.1, 0.15) is 26.3 Å². The van der Waals surface area contributed by atoms with E-state index in [1.807, 2.05) is 55.7 Å². The first kappa shape index (κ1) is 25.7. The van der Waals surface area contributed by atoms with E-state index >= 15 is 0 Å². The van der Waals surface area contributed by atoms with Crippen LogP contribution in [0.25, 0.3) is 22.0 Å². The molecule has 0 bridgehead atoms. The highest BCUT2D eigenvalue weighted by atomic mass is 16.6. The lowest BCUT2D eigenvalue weighted by molar-refractivity contribution is -0.118. The number of methoxy groups -OCH3 is 1. The first-order chi connectivity index (χ1) is 17.6. The Labute approximate surface area is 215 Å². The zero-order valence-electron chi connectivity index (χ0n) is 21.6. The summed E-state index contributed by atoms with van der Waals surface area (Å²) in [4.78, 5) is 34.4. The molecule has 0 saturated carbocycles. The molecule has 2 aromatic carbocycles. The molecule has 9 nitrogen and oxygen atoms in total. The van der Waals surface area contributed by atoms with Crippen molar-refractivity contribution in [2.75, 3.05) is 12.4 Å². The third-order valence-electron chi connectivity index (χ3n) is 5.77. The van der Waals surface area contributed by atoms with E-state index in [1.165, 1.54) is 0 Å². The minimum Gasteiger partial charge on any atom is -0.497 e. The number of fused-ring (bicyclic) bond motifs is 1. The van der Waals surface area contributed by atoms with Crippen molar-refractivity contribution >= 4 is 28.7 Å². The fourth-order valence-corrected chi connectivity index (χ4v) is 3.89. The molecule has 0 aliphatic heterocycles. The molecule has 192 valence electrons. The van der Waals surface area contributed by atoms with Gasteiger partial charge in [0.1, 0.15) is 17.4 Å². The van der Waals surface area contributed by atoms with Crippen molar-refractivity contribution in [1.29, 1.82) is 0 Å². The average Bonchev–Trinajstić information content (AvgIpc) is 3.22. The molecule has 9 heteroatoms. The summed E-state index contributed by atoms with van der Waals surface area (Å²) in [6.07, 6.45) is 4.85. The number of ether oxygens (including phenoxy) is 2. The number of nitrogens with zero attached hydrogens (tertiary/aromatic N) is 3. The molecule has 2 heterocycles. The fraction of sp³-hybridized carbons (Fsp3) is 0.286. The molecule has 0 radical (unpaired) electrons. The fourth-order valence-electron chi connectivity index (χ4n) is 3.89. The maximum atomic E-state index is 13.3. The Morgan fingerprint density at radius 1 is 1.03 bits per heavy atom. The van der Waals surface area contributed by atoms with Crippen LogP contribution in [-0.2, 0) is 23.0 Å². The molecule has 2 amide bonds. The number of hydrogen-bond donors (Lipinski definition) is 2. The summed E-state index contributed by atoms with van der Waals surface area (Å²) < 4.78 is 12.4. The number of amides is 2. The van der Waals surface area contributed by atoms with Crippen molar-refractivity contribution in [1.82, 2.24) is 19.9 Å². The molecule has 4 rings (SSSR count). The first-order valence-electron chi connectivity index (χ1n) is 11.9. The van der Waals surface area contributed by atoms with Crippen LogP contribution in [0.5, 0.6) is 5.75 Å². The Hall–Kier alpha value is -4.40. The standard InChI is InChI=1S/C28H31N5O4/c1-28(2,3)37-27(35)31-23(14-18-6-10-22(36-5)11-7-18)25(34)32-26-30-17-24(33(26)4)20-8-9-21-16-29-13-12-19(21)15-20/h6-13,15-17,23H,14H2,1-5H3,(H,31,35)(H,30,32,34)/t23-/m0/s1. The van der Waals surface area contributed by atoms with Crippen molar-refractivity contribution in [3.8, 4) is 17.0 Å². The van der Waals surface area contributed by atoms with Crippen molar-refractivity contribution in [2.24, 2.45) is 7.05 Å². The summed E-state index contributed by atoms with van der Waals surface area (Å²) in [7, 11) is 3.42. The van der Waals surface area contributed by atoms with E-state index < -0.39 is 23.6 Å². The summed E-state index contributed by atoms with van der Waals surface area (Å²) in [6.45, 7) is 5.30. The van der Waals surface area contributed by atoms with Crippen LogP contribution >= 0.6 is 0 Å². The number of pyridine rings is 1. The summed E-state index contributed by atoms with van der Waals surface area (Å²) in [6, 6.07) is 14.4. The Kier molecular flexibility index (Phi) is 7.42. The van der Waals surface area contributed by atoms with Crippen LogP contribution < -0.4 is 15.4 Å². The van der Waals surface area contributed by atoms with Crippen molar-refractivity contribution in [2.45, 2.75) is 38.8 Å². The van der Waals surface area contributed by atoms with Gasteiger partial charge in [-0.05, 0) is 56.0 Å². The maximum absolute atomic E-state index is 13.3. The number of rotatable bonds is 7. The van der Waals surface area contributed by atoms with Gasteiger partial charge < -0.3 is 19.4 Å². The second kappa shape index (κ2) is 10.7. The molecular weight excluding hydrogens is 470 g/mol. The number of imidazole rings is 1. The molecule has 4 aromatic rings. The summed E-state index contributed by atoms with van der Waals surface area (Å²) in [5.41, 5.74) is 1.94. The van der Waals surface area contributed by atoms with E-state index in [4.69, 9.17) is 9.47 Å². The molecule has 2 aromatic heterocycles. The van der Waals surface area contributed by atoms with E-state index in [0.717, 1.165) is 27.6 Å². The van der Waals surface area contributed by atoms with Gasteiger partial charge in [0.15, 0.2) is 0 Å². The molecule has 0 unspecified atom stereocenters. The Morgan fingerprint density at radius 2 is 1.78 bits per heavy atom. The number of hydrogen-bond acceptors (Lipinski definition) is 6. The summed E-state index contributed by atoms with van der Waals surface area (Å²) in [5.74, 6) is 0.655. The number of nitrogens with one attached hydrogen (secondary N) is 2. The average molecular weight is 502 g/mol. The van der Waals surface area contributed by atoms with Gasteiger partial charge in [-0.15, -0.1) is 0 Å². The second-order valence-electron chi connectivity index (χ2n) is 9.70. The third kappa shape index (κ3) is 6.43. The molecule has 0 aliphatic carbocycles. The number of carbonyl (C=O) groups is 2. The number of carbonyl (C=O) groups excluding carboxylic acids is 2. The zero-order valence-corrected chi connectivity index (χ0v) is 21.6. The number of aromatic nitrogens is 3. The summed E-state index contributed by atoms with van der Waals surface area (Å²) >= 11 is 0. The van der Waals surface area contributed by atoms with Crippen LogP contribution in [0, 0.1) is 0 Å². The first-order valence-corrected chi connectivity index (χ1v) is 11.9. The topological polar surface area (TPSA) is 107 Å². The molecule has 1 atom stereocenters. The van der Waals surface area contributed by atoms with Gasteiger partial charge in [-0.3, -0.25) is 15.1 Å². The van der Waals surface area contributed by atoms with Crippen LogP contribution in [0.3, 0.4) is 0 Å². The second-order valence-corrected chi connectivity index (χ2v) is 9.70. The van der Waals surface area contributed by atoms with E-state index in [1.54, 1.807) is 44.8 Å². The van der Waals surface area contributed by atoms with Gasteiger partial charge in [0.25, 0.3) is 0 Å². The number of anilines is 1.